The molecule has 134 valence electrons. The molecule has 0 aliphatic carbocycles. The first-order chi connectivity index (χ1) is 11.9. The van der Waals surface area contributed by atoms with Crippen LogP contribution >= 0.6 is 0 Å². The standard InChI is InChI=1S/C19H25N3O3/c1-13-11-15(21-20-13)12-18(23)22-10-4-5-17(22)19(2,24)14-6-8-16(25-3)9-7-14/h6-9,11,17,24H,4-5,10,12H2,1-3H3,(H,20,21)/t17-,19+/m1/s1. The van der Waals surface area contributed by atoms with E-state index in [4.69, 9.17) is 4.74 Å². The van der Waals surface area contributed by atoms with E-state index in [1.54, 1.807) is 18.9 Å². The van der Waals surface area contributed by atoms with Crippen molar-refractivity contribution in [3.05, 3.63) is 47.3 Å². The molecule has 1 fully saturated rings. The van der Waals surface area contributed by atoms with E-state index in [0.29, 0.717) is 6.54 Å². The van der Waals surface area contributed by atoms with E-state index in [9.17, 15) is 9.90 Å². The molecule has 0 unspecified atom stereocenters. The summed E-state index contributed by atoms with van der Waals surface area (Å²) in [6.07, 6.45) is 1.92. The second-order valence-corrected chi connectivity index (χ2v) is 6.84. The van der Waals surface area contributed by atoms with Crippen molar-refractivity contribution >= 4 is 5.91 Å². The number of likely N-dealkylation sites (tertiary alicyclic amines) is 1. The van der Waals surface area contributed by atoms with Gasteiger partial charge < -0.3 is 14.7 Å². The fourth-order valence-electron chi connectivity index (χ4n) is 3.59. The number of nitrogens with one attached hydrogen (secondary N) is 1. The Balaban J connectivity index is 1.77. The molecule has 1 aliphatic heterocycles. The van der Waals surface area contributed by atoms with Gasteiger partial charge in [-0.2, -0.15) is 5.10 Å². The predicted octanol–water partition coefficient (Wildman–Crippen LogP) is 2.17. The highest BCUT2D eigenvalue weighted by Crippen LogP contribution is 2.35. The molecule has 2 atom stereocenters. The maximum atomic E-state index is 12.8. The van der Waals surface area contributed by atoms with Crippen LogP contribution in [0.2, 0.25) is 0 Å². The lowest BCUT2D eigenvalue weighted by Gasteiger charge is -2.37. The minimum absolute atomic E-state index is 0.00258. The van der Waals surface area contributed by atoms with Crippen molar-refractivity contribution in [2.45, 2.75) is 44.8 Å². The molecule has 1 aliphatic rings. The minimum atomic E-state index is -1.11. The monoisotopic (exact) mass is 343 g/mol. The highest BCUT2D eigenvalue weighted by Gasteiger charge is 2.42. The van der Waals surface area contributed by atoms with Crippen LogP contribution in [-0.2, 0) is 16.8 Å². The summed E-state index contributed by atoms with van der Waals surface area (Å²) in [5.74, 6) is 0.746. The average Bonchev–Trinajstić information content (AvgIpc) is 3.24. The molecular weight excluding hydrogens is 318 g/mol. The third-order valence-corrected chi connectivity index (χ3v) is 4.99. The van der Waals surface area contributed by atoms with Gasteiger partial charge in [-0.15, -0.1) is 0 Å². The fourth-order valence-corrected chi connectivity index (χ4v) is 3.59. The van der Waals surface area contributed by atoms with Crippen molar-refractivity contribution in [2.24, 2.45) is 0 Å². The van der Waals surface area contributed by atoms with Gasteiger partial charge in [0, 0.05) is 12.2 Å². The summed E-state index contributed by atoms with van der Waals surface area (Å²) in [5.41, 5.74) is 1.34. The normalized spacial score (nSPS) is 19.7. The zero-order valence-electron chi connectivity index (χ0n) is 15.0. The van der Waals surface area contributed by atoms with Gasteiger partial charge in [0.05, 0.1) is 25.3 Å². The predicted molar refractivity (Wildman–Crippen MR) is 94.3 cm³/mol. The zero-order chi connectivity index (χ0) is 18.0. The Morgan fingerprint density at radius 1 is 1.44 bits per heavy atom. The first kappa shape index (κ1) is 17.5. The lowest BCUT2D eigenvalue weighted by molar-refractivity contribution is -0.137. The van der Waals surface area contributed by atoms with Gasteiger partial charge in [0.25, 0.3) is 0 Å². The van der Waals surface area contributed by atoms with E-state index in [2.05, 4.69) is 10.2 Å². The molecule has 1 amide bonds. The maximum Gasteiger partial charge on any atom is 0.229 e. The van der Waals surface area contributed by atoms with E-state index >= 15 is 0 Å². The maximum absolute atomic E-state index is 12.8. The van der Waals surface area contributed by atoms with Crippen molar-refractivity contribution in [1.82, 2.24) is 15.1 Å². The Hall–Kier alpha value is -2.34. The molecule has 2 aromatic rings. The largest absolute Gasteiger partial charge is 0.497 e. The number of aliphatic hydroxyl groups is 1. The van der Waals surface area contributed by atoms with Crippen LogP contribution in [-0.4, -0.2) is 45.8 Å². The zero-order valence-corrected chi connectivity index (χ0v) is 15.0. The quantitative estimate of drug-likeness (QED) is 0.872. The number of aromatic nitrogens is 2. The fraction of sp³-hybridized carbons (Fsp3) is 0.474. The van der Waals surface area contributed by atoms with Gasteiger partial charge in [-0.1, -0.05) is 12.1 Å². The molecule has 1 saturated heterocycles. The molecule has 0 spiro atoms. The van der Waals surface area contributed by atoms with Crippen LogP contribution in [0, 0.1) is 6.92 Å². The summed E-state index contributed by atoms with van der Waals surface area (Å²) in [6, 6.07) is 9.01. The Kier molecular flexibility index (Phi) is 4.81. The smallest absolute Gasteiger partial charge is 0.229 e. The number of benzene rings is 1. The summed E-state index contributed by atoms with van der Waals surface area (Å²) in [4.78, 5) is 14.6. The first-order valence-corrected chi connectivity index (χ1v) is 8.59. The topological polar surface area (TPSA) is 78.5 Å². The molecule has 3 rings (SSSR count). The lowest BCUT2D eigenvalue weighted by atomic mass is 9.86. The number of ether oxygens (including phenoxy) is 1. The molecule has 0 radical (unpaired) electrons. The molecule has 2 N–H and O–H groups in total. The van der Waals surface area contributed by atoms with Crippen molar-refractivity contribution in [3.8, 4) is 5.75 Å². The molecule has 6 heteroatoms. The Morgan fingerprint density at radius 2 is 2.16 bits per heavy atom. The molecule has 6 nitrogen and oxygen atoms in total. The number of nitrogens with zero attached hydrogens (tertiary/aromatic N) is 2. The Labute approximate surface area is 147 Å². The number of aromatic amines is 1. The molecule has 1 aromatic heterocycles. The number of amides is 1. The van der Waals surface area contributed by atoms with E-state index in [1.165, 1.54) is 0 Å². The summed E-state index contributed by atoms with van der Waals surface area (Å²) in [6.45, 7) is 4.36. The summed E-state index contributed by atoms with van der Waals surface area (Å²) >= 11 is 0. The van der Waals surface area contributed by atoms with Gasteiger partial charge in [-0.3, -0.25) is 9.89 Å². The second-order valence-electron chi connectivity index (χ2n) is 6.84. The minimum Gasteiger partial charge on any atom is -0.497 e. The molecule has 0 bridgehead atoms. The van der Waals surface area contributed by atoms with Gasteiger partial charge >= 0.3 is 0 Å². The van der Waals surface area contributed by atoms with Crippen molar-refractivity contribution < 1.29 is 14.6 Å². The van der Waals surface area contributed by atoms with Crippen LogP contribution in [0.25, 0.3) is 0 Å². The second kappa shape index (κ2) is 6.88. The molecule has 0 saturated carbocycles. The Bertz CT molecular complexity index is 737. The van der Waals surface area contributed by atoms with Crippen LogP contribution in [0.5, 0.6) is 5.75 Å². The highest BCUT2D eigenvalue weighted by atomic mass is 16.5. The van der Waals surface area contributed by atoms with Gasteiger partial charge in [0.15, 0.2) is 0 Å². The lowest BCUT2D eigenvalue weighted by Crippen LogP contribution is -2.48. The third-order valence-electron chi connectivity index (χ3n) is 4.99. The molecule has 1 aromatic carbocycles. The van der Waals surface area contributed by atoms with Gasteiger partial charge in [0.2, 0.25) is 5.91 Å². The Morgan fingerprint density at radius 3 is 2.76 bits per heavy atom. The number of rotatable bonds is 5. The summed E-state index contributed by atoms with van der Waals surface area (Å²) in [5, 5.41) is 18.2. The average molecular weight is 343 g/mol. The van der Waals surface area contributed by atoms with E-state index in [1.807, 2.05) is 37.3 Å². The van der Waals surface area contributed by atoms with Crippen LogP contribution < -0.4 is 4.74 Å². The van der Waals surface area contributed by atoms with Gasteiger partial charge in [0.1, 0.15) is 11.4 Å². The van der Waals surface area contributed by atoms with Crippen LogP contribution in [0.1, 0.15) is 36.7 Å². The summed E-state index contributed by atoms with van der Waals surface area (Å²) in [7, 11) is 1.61. The van der Waals surface area contributed by atoms with E-state index in [-0.39, 0.29) is 18.4 Å². The number of methoxy groups -OCH3 is 1. The van der Waals surface area contributed by atoms with Gasteiger partial charge in [-0.05, 0) is 50.5 Å². The number of aryl methyl sites for hydroxylation is 1. The van der Waals surface area contributed by atoms with Crippen LogP contribution in [0.4, 0.5) is 0 Å². The molecular formula is C19H25N3O3. The van der Waals surface area contributed by atoms with Crippen molar-refractivity contribution in [2.75, 3.05) is 13.7 Å². The number of hydrogen-bond acceptors (Lipinski definition) is 4. The highest BCUT2D eigenvalue weighted by molar-refractivity contribution is 5.79. The van der Waals surface area contributed by atoms with Crippen LogP contribution in [0.15, 0.2) is 30.3 Å². The summed E-state index contributed by atoms with van der Waals surface area (Å²) < 4.78 is 5.18. The number of carbonyl (C=O) groups excluding carboxylic acids is 1. The number of hydrogen-bond donors (Lipinski definition) is 2. The number of H-pyrrole nitrogens is 1. The molecule has 25 heavy (non-hydrogen) atoms. The molecule has 2 heterocycles. The van der Waals surface area contributed by atoms with Crippen molar-refractivity contribution in [1.29, 1.82) is 0 Å². The van der Waals surface area contributed by atoms with Crippen molar-refractivity contribution in [3.63, 3.8) is 0 Å². The SMILES string of the molecule is COc1ccc([C@](C)(O)[C@H]2CCCN2C(=O)Cc2cc(C)[nH]n2)cc1. The number of carbonyl (C=O) groups is 1. The van der Waals surface area contributed by atoms with Gasteiger partial charge in [-0.25, -0.2) is 0 Å². The first-order valence-electron chi connectivity index (χ1n) is 8.59. The van der Waals surface area contributed by atoms with Crippen LogP contribution in [0.3, 0.4) is 0 Å². The van der Waals surface area contributed by atoms with E-state index < -0.39 is 5.60 Å². The third kappa shape index (κ3) is 3.54. The van der Waals surface area contributed by atoms with E-state index in [0.717, 1.165) is 35.5 Å².